The lowest BCUT2D eigenvalue weighted by Gasteiger charge is -2.24. The third kappa shape index (κ3) is 2.97. The zero-order valence-corrected chi connectivity index (χ0v) is 10.7. The molecule has 19 heavy (non-hydrogen) atoms. The lowest BCUT2D eigenvalue weighted by molar-refractivity contribution is -0.138. The first-order valence-corrected chi connectivity index (χ1v) is 6.01. The fourth-order valence-electron chi connectivity index (χ4n) is 2.00. The zero-order valence-electron chi connectivity index (χ0n) is 10.7. The first-order valence-electron chi connectivity index (χ1n) is 6.01. The van der Waals surface area contributed by atoms with Crippen molar-refractivity contribution in [3.05, 3.63) is 23.3 Å². The molecule has 1 aliphatic rings. The van der Waals surface area contributed by atoms with Gasteiger partial charge in [-0.2, -0.15) is 0 Å². The van der Waals surface area contributed by atoms with Gasteiger partial charge in [-0.1, -0.05) is 12.1 Å². The second-order valence-corrected chi connectivity index (χ2v) is 4.32. The van der Waals surface area contributed by atoms with Crippen LogP contribution >= 0.6 is 0 Å². The van der Waals surface area contributed by atoms with Crippen LogP contribution in [0.5, 0.6) is 11.5 Å². The number of nitrogens with two attached hydrogens (primary N) is 1. The molecule has 1 atom stereocenters. The molecular weight excluding hydrogens is 250 g/mol. The number of aliphatic carboxylic acids is 1. The Bertz CT molecular complexity index is 474. The minimum absolute atomic E-state index is 0.203. The highest BCUT2D eigenvalue weighted by Crippen LogP contribution is 2.38. The Kier molecular flexibility index (Phi) is 4.24. The van der Waals surface area contributed by atoms with Crippen LogP contribution in [-0.4, -0.2) is 37.4 Å². The minimum Gasteiger partial charge on any atom is -0.486 e. The number of carbonyl (C=O) groups is 1. The maximum Gasteiger partial charge on any atom is 0.320 e. The van der Waals surface area contributed by atoms with Gasteiger partial charge in [-0.3, -0.25) is 4.79 Å². The average molecular weight is 267 g/mol. The van der Waals surface area contributed by atoms with E-state index in [9.17, 15) is 4.79 Å². The molecule has 3 N–H and O–H groups in total. The molecule has 0 amide bonds. The zero-order chi connectivity index (χ0) is 13.8. The Morgan fingerprint density at radius 2 is 1.95 bits per heavy atom. The van der Waals surface area contributed by atoms with Crippen LogP contribution in [0.25, 0.3) is 0 Å². The molecule has 0 aromatic heterocycles. The highest BCUT2D eigenvalue weighted by molar-refractivity contribution is 5.74. The van der Waals surface area contributed by atoms with Gasteiger partial charge in [0.25, 0.3) is 0 Å². The SMILES string of the molecule is COCc1ccc(CC(N)C(=O)O)c2c1OCCO2. The molecule has 1 heterocycles. The number of carboxylic acids is 1. The number of fused-ring (bicyclic) bond motifs is 1. The van der Waals surface area contributed by atoms with E-state index >= 15 is 0 Å². The number of ether oxygens (including phenoxy) is 3. The smallest absolute Gasteiger partial charge is 0.320 e. The summed E-state index contributed by atoms with van der Waals surface area (Å²) >= 11 is 0. The van der Waals surface area contributed by atoms with Crippen molar-refractivity contribution in [1.29, 1.82) is 0 Å². The Hall–Kier alpha value is -1.79. The highest BCUT2D eigenvalue weighted by atomic mass is 16.6. The van der Waals surface area contributed by atoms with Gasteiger partial charge < -0.3 is 25.1 Å². The Morgan fingerprint density at radius 1 is 1.37 bits per heavy atom. The summed E-state index contributed by atoms with van der Waals surface area (Å²) in [5.74, 6) is 0.173. The molecule has 0 aliphatic carbocycles. The van der Waals surface area contributed by atoms with Crippen LogP contribution in [0.15, 0.2) is 12.1 Å². The quantitative estimate of drug-likeness (QED) is 0.810. The van der Waals surface area contributed by atoms with E-state index in [2.05, 4.69) is 0 Å². The summed E-state index contributed by atoms with van der Waals surface area (Å²) in [4.78, 5) is 10.8. The molecule has 0 saturated heterocycles. The second-order valence-electron chi connectivity index (χ2n) is 4.32. The molecule has 6 heteroatoms. The third-order valence-electron chi connectivity index (χ3n) is 2.91. The van der Waals surface area contributed by atoms with E-state index in [1.165, 1.54) is 0 Å². The molecular formula is C13H17NO5. The molecule has 104 valence electrons. The lowest BCUT2D eigenvalue weighted by atomic mass is 10.0. The third-order valence-corrected chi connectivity index (χ3v) is 2.91. The number of rotatable bonds is 5. The first kappa shape index (κ1) is 13.6. The van der Waals surface area contributed by atoms with Crippen molar-refractivity contribution in [3.8, 4) is 11.5 Å². The predicted molar refractivity (Wildman–Crippen MR) is 67.5 cm³/mol. The van der Waals surface area contributed by atoms with Crippen LogP contribution in [0, 0.1) is 0 Å². The van der Waals surface area contributed by atoms with Gasteiger partial charge in [0.2, 0.25) is 0 Å². The molecule has 0 fully saturated rings. The molecule has 1 aromatic rings. The summed E-state index contributed by atoms with van der Waals surface area (Å²) in [5, 5.41) is 8.87. The van der Waals surface area contributed by atoms with E-state index in [1.54, 1.807) is 7.11 Å². The fourth-order valence-corrected chi connectivity index (χ4v) is 2.00. The van der Waals surface area contributed by atoms with E-state index < -0.39 is 12.0 Å². The fraction of sp³-hybridized carbons (Fsp3) is 0.462. The summed E-state index contributed by atoms with van der Waals surface area (Å²) in [6, 6.07) is 2.70. The van der Waals surface area contributed by atoms with Crippen LogP contribution in [0.2, 0.25) is 0 Å². The van der Waals surface area contributed by atoms with Crippen LogP contribution in [0.3, 0.4) is 0 Å². The van der Waals surface area contributed by atoms with Crippen LogP contribution in [-0.2, 0) is 22.6 Å². The molecule has 0 saturated carbocycles. The topological polar surface area (TPSA) is 91.0 Å². The maximum atomic E-state index is 10.8. The first-order chi connectivity index (χ1) is 9.13. The Morgan fingerprint density at radius 3 is 2.53 bits per heavy atom. The van der Waals surface area contributed by atoms with Crippen molar-refractivity contribution in [3.63, 3.8) is 0 Å². The molecule has 1 aliphatic heterocycles. The molecule has 1 unspecified atom stereocenters. The maximum absolute atomic E-state index is 10.8. The standard InChI is InChI=1S/C13H17NO5/c1-17-7-9-3-2-8(6-10(14)13(15)16)11-12(9)19-5-4-18-11/h2-3,10H,4-7,14H2,1H3,(H,15,16). The number of benzene rings is 1. The van der Waals surface area contributed by atoms with Crippen molar-refractivity contribution in [2.75, 3.05) is 20.3 Å². The molecule has 0 spiro atoms. The van der Waals surface area contributed by atoms with Crippen molar-refractivity contribution in [2.45, 2.75) is 19.1 Å². The summed E-state index contributed by atoms with van der Waals surface area (Å²) in [6.45, 7) is 1.33. The van der Waals surface area contributed by atoms with E-state index in [1.807, 2.05) is 12.1 Å². The van der Waals surface area contributed by atoms with Gasteiger partial charge >= 0.3 is 5.97 Å². The Balaban J connectivity index is 2.32. The molecule has 6 nitrogen and oxygen atoms in total. The van der Waals surface area contributed by atoms with E-state index in [-0.39, 0.29) is 6.42 Å². The number of hydrogen-bond donors (Lipinski definition) is 2. The molecule has 1 aromatic carbocycles. The summed E-state index contributed by atoms with van der Waals surface area (Å²) in [7, 11) is 1.60. The second kappa shape index (κ2) is 5.90. The van der Waals surface area contributed by atoms with Crippen molar-refractivity contribution in [2.24, 2.45) is 5.73 Å². The van der Waals surface area contributed by atoms with Crippen molar-refractivity contribution in [1.82, 2.24) is 0 Å². The van der Waals surface area contributed by atoms with Gasteiger partial charge in [-0.15, -0.1) is 0 Å². The van der Waals surface area contributed by atoms with Gasteiger partial charge in [0.05, 0.1) is 6.61 Å². The number of carboxylic acid groups (broad SMARTS) is 1. The highest BCUT2D eigenvalue weighted by Gasteiger charge is 2.22. The van der Waals surface area contributed by atoms with Crippen molar-refractivity contribution >= 4 is 5.97 Å². The lowest BCUT2D eigenvalue weighted by Crippen LogP contribution is -2.32. The monoisotopic (exact) mass is 267 g/mol. The van der Waals surface area contributed by atoms with Gasteiger partial charge in [0, 0.05) is 24.7 Å². The van der Waals surface area contributed by atoms with Gasteiger partial charge in [-0.05, 0) is 0 Å². The van der Waals surface area contributed by atoms with E-state index in [0.717, 1.165) is 11.1 Å². The largest absolute Gasteiger partial charge is 0.486 e. The summed E-state index contributed by atoms with van der Waals surface area (Å²) < 4.78 is 16.3. The molecule has 0 bridgehead atoms. The van der Waals surface area contributed by atoms with Gasteiger partial charge in [-0.25, -0.2) is 0 Å². The van der Waals surface area contributed by atoms with Gasteiger partial charge in [0.1, 0.15) is 19.3 Å². The van der Waals surface area contributed by atoms with E-state index in [4.69, 9.17) is 25.1 Å². The summed E-state index contributed by atoms with van der Waals surface area (Å²) in [5.41, 5.74) is 7.18. The Labute approximate surface area is 111 Å². The minimum atomic E-state index is -1.04. The van der Waals surface area contributed by atoms with Crippen LogP contribution in [0.4, 0.5) is 0 Å². The predicted octanol–water partition coefficient (Wildman–Crippen LogP) is 0.559. The molecule has 0 radical (unpaired) electrons. The van der Waals surface area contributed by atoms with Gasteiger partial charge in [0.15, 0.2) is 11.5 Å². The summed E-state index contributed by atoms with van der Waals surface area (Å²) in [6.07, 6.45) is 0.203. The molecule has 2 rings (SSSR count). The van der Waals surface area contributed by atoms with Crippen LogP contribution < -0.4 is 15.2 Å². The number of hydrogen-bond acceptors (Lipinski definition) is 5. The average Bonchev–Trinajstić information content (AvgIpc) is 2.41. The van der Waals surface area contributed by atoms with Crippen LogP contribution in [0.1, 0.15) is 11.1 Å². The normalized spacial score (nSPS) is 15.1. The number of methoxy groups -OCH3 is 1. The van der Waals surface area contributed by atoms with Crippen molar-refractivity contribution < 1.29 is 24.1 Å². The van der Waals surface area contributed by atoms with E-state index in [0.29, 0.717) is 31.3 Å².